The molecule has 0 aliphatic carbocycles. The largest absolute Gasteiger partial charge is 0.309 e. The SMILES string of the molecule is c1ccc(-c2nc(-n3c4ccccc4c4c5c6c7ccccc7ccc6n(-c6ccccc6)c5ccc43)nc3ccccc23)cc1. The lowest BCUT2D eigenvalue weighted by Gasteiger charge is -2.12. The van der Waals surface area contributed by atoms with E-state index in [9.17, 15) is 0 Å². The lowest BCUT2D eigenvalue weighted by Crippen LogP contribution is -2.03. The van der Waals surface area contributed by atoms with Gasteiger partial charge in [0, 0.05) is 38.2 Å². The van der Waals surface area contributed by atoms with Crippen molar-refractivity contribution in [3.63, 3.8) is 0 Å². The average molecular weight is 587 g/mol. The summed E-state index contributed by atoms with van der Waals surface area (Å²) in [5.74, 6) is 0.666. The van der Waals surface area contributed by atoms with Crippen LogP contribution in [-0.4, -0.2) is 19.1 Å². The van der Waals surface area contributed by atoms with Crippen LogP contribution >= 0.6 is 0 Å². The predicted molar refractivity (Wildman–Crippen MR) is 191 cm³/mol. The van der Waals surface area contributed by atoms with Crippen molar-refractivity contribution in [1.82, 2.24) is 19.1 Å². The standard InChI is InChI=1S/C42H26N4/c1-3-14-28(15-4-1)41-31-19-9-11-21-33(31)43-42(44-41)46-34-22-12-10-20-32(34)39-36(46)25-26-37-40(39)38-30-18-8-7-13-27(30)23-24-35(38)45(37)29-16-5-2-6-17-29/h1-26H. The molecule has 0 aliphatic heterocycles. The fourth-order valence-corrected chi connectivity index (χ4v) is 7.38. The smallest absolute Gasteiger partial charge is 0.235 e. The summed E-state index contributed by atoms with van der Waals surface area (Å²) in [4.78, 5) is 10.5. The summed E-state index contributed by atoms with van der Waals surface area (Å²) in [5, 5.41) is 8.41. The minimum Gasteiger partial charge on any atom is -0.309 e. The van der Waals surface area contributed by atoms with E-state index in [0.29, 0.717) is 5.95 Å². The van der Waals surface area contributed by atoms with Gasteiger partial charge in [0.2, 0.25) is 5.95 Å². The zero-order chi connectivity index (χ0) is 30.2. The zero-order valence-electron chi connectivity index (χ0n) is 24.8. The number of nitrogens with zero attached hydrogens (tertiary/aromatic N) is 4. The number of aromatic nitrogens is 4. The van der Waals surface area contributed by atoms with Gasteiger partial charge in [0.05, 0.1) is 33.3 Å². The van der Waals surface area contributed by atoms with E-state index in [4.69, 9.17) is 9.97 Å². The molecule has 10 aromatic rings. The van der Waals surface area contributed by atoms with E-state index in [-0.39, 0.29) is 0 Å². The van der Waals surface area contributed by atoms with E-state index in [0.717, 1.165) is 38.9 Å². The molecule has 0 spiro atoms. The maximum absolute atomic E-state index is 5.31. The molecule has 0 amide bonds. The molecule has 0 saturated heterocycles. The molecule has 0 unspecified atom stereocenters. The Morgan fingerprint density at radius 1 is 0.370 bits per heavy atom. The molecule has 46 heavy (non-hydrogen) atoms. The Kier molecular flexibility index (Phi) is 5.25. The quantitative estimate of drug-likeness (QED) is 0.206. The predicted octanol–water partition coefficient (Wildman–Crippen LogP) is 10.6. The molecule has 0 aliphatic rings. The van der Waals surface area contributed by atoms with Gasteiger partial charge in [-0.05, 0) is 53.2 Å². The van der Waals surface area contributed by atoms with Crippen LogP contribution in [0.4, 0.5) is 0 Å². The Bertz CT molecular complexity index is 2790. The summed E-state index contributed by atoms with van der Waals surface area (Å²) >= 11 is 0. The van der Waals surface area contributed by atoms with Gasteiger partial charge in [-0.1, -0.05) is 115 Å². The molecule has 10 rings (SSSR count). The molecule has 0 saturated carbocycles. The maximum Gasteiger partial charge on any atom is 0.235 e. The fraction of sp³-hybridized carbons (Fsp3) is 0. The van der Waals surface area contributed by atoms with E-state index in [2.05, 4.69) is 155 Å². The average Bonchev–Trinajstić information content (AvgIpc) is 3.65. The minimum absolute atomic E-state index is 0.666. The van der Waals surface area contributed by atoms with Gasteiger partial charge in [-0.15, -0.1) is 0 Å². The molecule has 4 nitrogen and oxygen atoms in total. The van der Waals surface area contributed by atoms with Crippen LogP contribution in [0.25, 0.3) is 88.2 Å². The molecule has 3 aromatic heterocycles. The lowest BCUT2D eigenvalue weighted by molar-refractivity contribution is 1.01. The molecule has 0 bridgehead atoms. The van der Waals surface area contributed by atoms with E-state index in [1.54, 1.807) is 0 Å². The normalized spacial score (nSPS) is 11.9. The Labute approximate surface area is 264 Å². The second-order valence-electron chi connectivity index (χ2n) is 11.8. The van der Waals surface area contributed by atoms with Crippen molar-refractivity contribution < 1.29 is 0 Å². The van der Waals surface area contributed by atoms with Crippen LogP contribution in [0.15, 0.2) is 158 Å². The summed E-state index contributed by atoms with van der Waals surface area (Å²) in [5.41, 5.74) is 8.61. The molecule has 0 atom stereocenters. The van der Waals surface area contributed by atoms with Crippen molar-refractivity contribution in [3.8, 4) is 22.9 Å². The zero-order valence-corrected chi connectivity index (χ0v) is 24.8. The monoisotopic (exact) mass is 586 g/mol. The molecular formula is C42H26N4. The molecular weight excluding hydrogens is 560 g/mol. The summed E-state index contributed by atoms with van der Waals surface area (Å²) in [6.45, 7) is 0. The summed E-state index contributed by atoms with van der Waals surface area (Å²) in [7, 11) is 0. The Morgan fingerprint density at radius 3 is 1.78 bits per heavy atom. The first-order chi connectivity index (χ1) is 22.8. The van der Waals surface area contributed by atoms with Crippen molar-refractivity contribution in [2.75, 3.05) is 0 Å². The van der Waals surface area contributed by atoms with Gasteiger partial charge >= 0.3 is 0 Å². The van der Waals surface area contributed by atoms with Crippen molar-refractivity contribution in [3.05, 3.63) is 158 Å². The van der Waals surface area contributed by atoms with Crippen molar-refractivity contribution >= 4 is 65.3 Å². The molecule has 3 heterocycles. The highest BCUT2D eigenvalue weighted by Crippen LogP contribution is 2.44. The molecule has 0 fully saturated rings. The Balaban J connectivity index is 1.40. The maximum atomic E-state index is 5.31. The first-order valence-corrected chi connectivity index (χ1v) is 15.6. The molecule has 0 radical (unpaired) electrons. The molecule has 7 aromatic carbocycles. The van der Waals surface area contributed by atoms with Crippen LogP contribution in [-0.2, 0) is 0 Å². The number of benzene rings is 7. The van der Waals surface area contributed by atoms with E-state index in [1.807, 2.05) is 12.1 Å². The summed E-state index contributed by atoms with van der Waals surface area (Å²) < 4.78 is 4.66. The number of hydrogen-bond acceptors (Lipinski definition) is 2. The highest BCUT2D eigenvalue weighted by Gasteiger charge is 2.23. The fourth-order valence-electron chi connectivity index (χ4n) is 7.38. The Morgan fingerprint density at radius 2 is 0.957 bits per heavy atom. The van der Waals surface area contributed by atoms with Gasteiger partial charge in [-0.25, -0.2) is 9.97 Å². The van der Waals surface area contributed by atoms with Crippen LogP contribution in [0.1, 0.15) is 0 Å². The topological polar surface area (TPSA) is 35.6 Å². The minimum atomic E-state index is 0.666. The molecule has 214 valence electrons. The Hall–Kier alpha value is -6.26. The third-order valence-electron chi connectivity index (χ3n) is 9.31. The van der Waals surface area contributed by atoms with Crippen molar-refractivity contribution in [2.24, 2.45) is 0 Å². The van der Waals surface area contributed by atoms with Gasteiger partial charge in [0.15, 0.2) is 0 Å². The van der Waals surface area contributed by atoms with Crippen molar-refractivity contribution in [1.29, 1.82) is 0 Å². The van der Waals surface area contributed by atoms with Crippen LogP contribution in [0.2, 0.25) is 0 Å². The van der Waals surface area contributed by atoms with Crippen molar-refractivity contribution in [2.45, 2.75) is 0 Å². The highest BCUT2D eigenvalue weighted by atomic mass is 15.2. The summed E-state index contributed by atoms with van der Waals surface area (Å²) in [6, 6.07) is 55.8. The number of para-hydroxylation sites is 3. The second kappa shape index (κ2) is 9.62. The van der Waals surface area contributed by atoms with Gasteiger partial charge in [-0.2, -0.15) is 0 Å². The number of rotatable bonds is 3. The van der Waals surface area contributed by atoms with Gasteiger partial charge in [0.25, 0.3) is 0 Å². The molecule has 0 N–H and O–H groups in total. The van der Waals surface area contributed by atoms with Crippen LogP contribution in [0, 0.1) is 0 Å². The lowest BCUT2D eigenvalue weighted by atomic mass is 10.0. The first-order valence-electron chi connectivity index (χ1n) is 15.6. The van der Waals surface area contributed by atoms with Crippen LogP contribution in [0.5, 0.6) is 0 Å². The van der Waals surface area contributed by atoms with Crippen LogP contribution in [0.3, 0.4) is 0 Å². The van der Waals surface area contributed by atoms with E-state index >= 15 is 0 Å². The third kappa shape index (κ3) is 3.49. The molecule has 4 heteroatoms. The van der Waals surface area contributed by atoms with Gasteiger partial charge in [-0.3, -0.25) is 4.57 Å². The number of fused-ring (bicyclic) bond motifs is 10. The second-order valence-corrected chi connectivity index (χ2v) is 11.8. The van der Waals surface area contributed by atoms with Crippen LogP contribution < -0.4 is 0 Å². The summed E-state index contributed by atoms with van der Waals surface area (Å²) in [6.07, 6.45) is 0. The van der Waals surface area contributed by atoms with E-state index in [1.165, 1.54) is 43.4 Å². The third-order valence-corrected chi connectivity index (χ3v) is 9.31. The highest BCUT2D eigenvalue weighted by molar-refractivity contribution is 6.33. The van der Waals surface area contributed by atoms with E-state index < -0.39 is 0 Å². The first kappa shape index (κ1) is 25.1. The number of hydrogen-bond donors (Lipinski definition) is 0. The van der Waals surface area contributed by atoms with Gasteiger partial charge in [0.1, 0.15) is 0 Å². The van der Waals surface area contributed by atoms with Gasteiger partial charge < -0.3 is 4.57 Å².